The zero-order valence-corrected chi connectivity index (χ0v) is 11.0. The van der Waals surface area contributed by atoms with Crippen LogP contribution >= 0.6 is 12.4 Å². The topological polar surface area (TPSA) is 73.6 Å². The highest BCUT2D eigenvalue weighted by Gasteiger charge is 2.15. The minimum absolute atomic E-state index is 0. The van der Waals surface area contributed by atoms with Crippen LogP contribution in [0.15, 0.2) is 0 Å². The van der Waals surface area contributed by atoms with Gasteiger partial charge in [0.2, 0.25) is 5.91 Å². The monoisotopic (exact) mass is 254 g/mol. The molecule has 0 radical (unpaired) electrons. The number of hydrogen-bond acceptors (Lipinski definition) is 4. The first-order valence-electron chi connectivity index (χ1n) is 5.19. The molecule has 0 saturated carbocycles. The third-order valence-corrected chi connectivity index (χ3v) is 2.00. The molecule has 0 aliphatic carbocycles. The average molecular weight is 255 g/mol. The summed E-state index contributed by atoms with van der Waals surface area (Å²) in [5.74, 6) is 0.0275. The second-order valence-corrected chi connectivity index (χ2v) is 3.67. The standard InChI is InChI=1S/C10H22N2O3.ClH/c1-8(2)9(11)10(13)12-4-5-15-7-6-14-3;/h8-9H,4-7,11H2,1-3H3,(H,12,13);1H/t9-;/m0./s1. The summed E-state index contributed by atoms with van der Waals surface area (Å²) in [6, 6.07) is -0.441. The van der Waals surface area contributed by atoms with Crippen molar-refractivity contribution in [2.24, 2.45) is 11.7 Å². The highest BCUT2D eigenvalue weighted by Crippen LogP contribution is 1.97. The molecule has 6 heteroatoms. The Bertz CT molecular complexity index is 179. The Morgan fingerprint density at radius 3 is 2.44 bits per heavy atom. The fourth-order valence-corrected chi connectivity index (χ4v) is 0.911. The third kappa shape index (κ3) is 8.91. The minimum atomic E-state index is -0.441. The van der Waals surface area contributed by atoms with Gasteiger partial charge in [0.1, 0.15) is 0 Å². The Morgan fingerprint density at radius 1 is 1.31 bits per heavy atom. The lowest BCUT2D eigenvalue weighted by Crippen LogP contribution is -2.44. The van der Waals surface area contributed by atoms with Crippen LogP contribution < -0.4 is 11.1 Å². The highest BCUT2D eigenvalue weighted by molar-refractivity contribution is 5.85. The first kappa shape index (κ1) is 18.0. The molecule has 98 valence electrons. The molecular weight excluding hydrogens is 232 g/mol. The Labute approximate surface area is 103 Å². The van der Waals surface area contributed by atoms with Crippen LogP contribution in [0.2, 0.25) is 0 Å². The van der Waals surface area contributed by atoms with Crippen molar-refractivity contribution in [3.8, 4) is 0 Å². The van der Waals surface area contributed by atoms with Crippen molar-refractivity contribution < 1.29 is 14.3 Å². The fraction of sp³-hybridized carbons (Fsp3) is 0.900. The second kappa shape index (κ2) is 11.1. The van der Waals surface area contributed by atoms with E-state index < -0.39 is 6.04 Å². The van der Waals surface area contributed by atoms with Gasteiger partial charge in [0.15, 0.2) is 0 Å². The molecule has 5 nitrogen and oxygen atoms in total. The summed E-state index contributed by atoms with van der Waals surface area (Å²) in [7, 11) is 1.62. The van der Waals surface area contributed by atoms with Gasteiger partial charge in [-0.1, -0.05) is 13.8 Å². The maximum Gasteiger partial charge on any atom is 0.237 e. The predicted molar refractivity (Wildman–Crippen MR) is 65.8 cm³/mol. The molecule has 16 heavy (non-hydrogen) atoms. The number of hydrogen-bond donors (Lipinski definition) is 2. The molecule has 0 aromatic rings. The number of carbonyl (C=O) groups excluding carboxylic acids is 1. The van der Waals surface area contributed by atoms with Crippen LogP contribution in [-0.2, 0) is 14.3 Å². The number of nitrogens with one attached hydrogen (secondary N) is 1. The van der Waals surface area contributed by atoms with Crippen LogP contribution in [0, 0.1) is 5.92 Å². The van der Waals surface area contributed by atoms with E-state index >= 15 is 0 Å². The van der Waals surface area contributed by atoms with E-state index in [1.54, 1.807) is 7.11 Å². The quantitative estimate of drug-likeness (QED) is 0.606. The maximum atomic E-state index is 11.4. The van der Waals surface area contributed by atoms with E-state index in [4.69, 9.17) is 15.2 Å². The van der Waals surface area contributed by atoms with E-state index in [9.17, 15) is 4.79 Å². The number of ether oxygens (including phenoxy) is 2. The van der Waals surface area contributed by atoms with Crippen molar-refractivity contribution in [1.29, 1.82) is 0 Å². The molecule has 0 aromatic heterocycles. The van der Waals surface area contributed by atoms with Crippen LogP contribution in [-0.4, -0.2) is 45.4 Å². The lowest BCUT2D eigenvalue weighted by molar-refractivity contribution is -0.123. The Hall–Kier alpha value is -0.360. The smallest absolute Gasteiger partial charge is 0.237 e. The van der Waals surface area contributed by atoms with E-state index in [1.165, 1.54) is 0 Å². The van der Waals surface area contributed by atoms with Gasteiger partial charge in [-0.25, -0.2) is 0 Å². The molecule has 0 spiro atoms. The van der Waals surface area contributed by atoms with Crippen LogP contribution in [0.25, 0.3) is 0 Å². The second-order valence-electron chi connectivity index (χ2n) is 3.67. The van der Waals surface area contributed by atoms with Gasteiger partial charge in [-0.3, -0.25) is 4.79 Å². The van der Waals surface area contributed by atoms with Crippen molar-refractivity contribution in [2.75, 3.05) is 33.5 Å². The lowest BCUT2D eigenvalue weighted by Gasteiger charge is -2.15. The van der Waals surface area contributed by atoms with Gasteiger partial charge >= 0.3 is 0 Å². The summed E-state index contributed by atoms with van der Waals surface area (Å²) in [6.45, 7) is 5.92. The molecule has 0 fully saturated rings. The fourth-order valence-electron chi connectivity index (χ4n) is 0.911. The first-order chi connectivity index (χ1) is 7.09. The van der Waals surface area contributed by atoms with E-state index in [1.807, 2.05) is 13.8 Å². The van der Waals surface area contributed by atoms with Gasteiger partial charge in [-0.05, 0) is 5.92 Å². The first-order valence-corrected chi connectivity index (χ1v) is 5.19. The molecule has 0 heterocycles. The highest BCUT2D eigenvalue weighted by atomic mass is 35.5. The summed E-state index contributed by atoms with van der Waals surface area (Å²) in [4.78, 5) is 11.4. The Balaban J connectivity index is 0. The van der Waals surface area contributed by atoms with Gasteiger partial charge in [-0.15, -0.1) is 12.4 Å². The van der Waals surface area contributed by atoms with Gasteiger partial charge in [0.05, 0.1) is 25.9 Å². The number of rotatable bonds is 8. The van der Waals surface area contributed by atoms with Crippen LogP contribution in [0.4, 0.5) is 0 Å². The SMILES string of the molecule is COCCOCCNC(=O)[C@@H](N)C(C)C.Cl. The van der Waals surface area contributed by atoms with Crippen molar-refractivity contribution in [2.45, 2.75) is 19.9 Å². The third-order valence-electron chi connectivity index (χ3n) is 2.00. The van der Waals surface area contributed by atoms with Gasteiger partial charge in [0, 0.05) is 13.7 Å². The van der Waals surface area contributed by atoms with Crippen molar-refractivity contribution in [3.05, 3.63) is 0 Å². The van der Waals surface area contributed by atoms with Crippen LogP contribution in [0.5, 0.6) is 0 Å². The Kier molecular flexibility index (Phi) is 12.5. The number of amides is 1. The summed E-state index contributed by atoms with van der Waals surface area (Å²) in [6.07, 6.45) is 0. The molecule has 0 aliphatic rings. The number of methoxy groups -OCH3 is 1. The summed E-state index contributed by atoms with van der Waals surface area (Å²) >= 11 is 0. The van der Waals surface area contributed by atoms with E-state index in [0.29, 0.717) is 26.4 Å². The van der Waals surface area contributed by atoms with Crippen LogP contribution in [0.3, 0.4) is 0 Å². The zero-order chi connectivity index (χ0) is 11.7. The van der Waals surface area contributed by atoms with Gasteiger partial charge < -0.3 is 20.5 Å². The van der Waals surface area contributed by atoms with E-state index in [0.717, 1.165) is 0 Å². The Morgan fingerprint density at radius 2 is 1.94 bits per heavy atom. The number of carbonyl (C=O) groups is 1. The van der Waals surface area contributed by atoms with Crippen LogP contribution in [0.1, 0.15) is 13.8 Å². The normalized spacial score (nSPS) is 12.1. The van der Waals surface area contributed by atoms with E-state index in [2.05, 4.69) is 5.32 Å². The van der Waals surface area contributed by atoms with Crippen molar-refractivity contribution >= 4 is 18.3 Å². The maximum absolute atomic E-state index is 11.4. The number of nitrogens with two attached hydrogens (primary N) is 1. The largest absolute Gasteiger partial charge is 0.382 e. The summed E-state index contributed by atoms with van der Waals surface area (Å²) in [5.41, 5.74) is 5.65. The number of halogens is 1. The summed E-state index contributed by atoms with van der Waals surface area (Å²) < 4.78 is 9.99. The molecule has 1 atom stereocenters. The molecule has 0 aromatic carbocycles. The average Bonchev–Trinajstić information content (AvgIpc) is 2.21. The molecule has 3 N–H and O–H groups in total. The van der Waals surface area contributed by atoms with Gasteiger partial charge in [0.25, 0.3) is 0 Å². The molecule has 1 amide bonds. The molecule has 0 rings (SSSR count). The summed E-state index contributed by atoms with van der Waals surface area (Å²) in [5, 5.41) is 2.71. The molecule has 0 unspecified atom stereocenters. The van der Waals surface area contributed by atoms with Crippen molar-refractivity contribution in [1.82, 2.24) is 5.32 Å². The van der Waals surface area contributed by atoms with Gasteiger partial charge in [-0.2, -0.15) is 0 Å². The molecule has 0 saturated heterocycles. The van der Waals surface area contributed by atoms with Crippen molar-refractivity contribution in [3.63, 3.8) is 0 Å². The molecular formula is C10H23ClN2O3. The zero-order valence-electron chi connectivity index (χ0n) is 10.2. The lowest BCUT2D eigenvalue weighted by atomic mass is 10.1. The minimum Gasteiger partial charge on any atom is -0.382 e. The molecule has 0 bridgehead atoms. The van der Waals surface area contributed by atoms with E-state index in [-0.39, 0.29) is 24.2 Å². The predicted octanol–water partition coefficient (Wildman–Crippen LogP) is 0.171. The molecule has 0 aliphatic heterocycles.